The predicted octanol–water partition coefficient (Wildman–Crippen LogP) is 2.99. The van der Waals surface area contributed by atoms with Gasteiger partial charge in [0.1, 0.15) is 0 Å². The molecule has 5 nitrogen and oxygen atoms in total. The summed E-state index contributed by atoms with van der Waals surface area (Å²) in [5.41, 5.74) is 1.41. The van der Waals surface area contributed by atoms with Crippen LogP contribution < -0.4 is 5.32 Å². The molecule has 1 heterocycles. The van der Waals surface area contributed by atoms with E-state index in [2.05, 4.69) is 10.3 Å². The first-order valence-corrected chi connectivity index (χ1v) is 6.11. The van der Waals surface area contributed by atoms with E-state index < -0.39 is 5.97 Å². The van der Waals surface area contributed by atoms with Crippen LogP contribution in [0.3, 0.4) is 0 Å². The van der Waals surface area contributed by atoms with Crippen molar-refractivity contribution in [2.24, 2.45) is 0 Å². The van der Waals surface area contributed by atoms with Gasteiger partial charge < -0.3 is 10.4 Å². The molecule has 0 aliphatic carbocycles. The molecule has 1 amide bonds. The number of aromatic carboxylic acids is 1. The Kier molecular flexibility index (Phi) is 4.00. The zero-order valence-corrected chi connectivity index (χ0v) is 11.3. The van der Waals surface area contributed by atoms with Crippen molar-refractivity contribution in [2.75, 3.05) is 5.32 Å². The van der Waals surface area contributed by atoms with Gasteiger partial charge in [0.2, 0.25) is 0 Å². The molecule has 0 unspecified atom stereocenters. The third-order valence-corrected chi connectivity index (χ3v) is 3.16. The van der Waals surface area contributed by atoms with Crippen LogP contribution in [0.15, 0.2) is 36.7 Å². The molecule has 0 aliphatic rings. The van der Waals surface area contributed by atoms with Crippen LogP contribution in [0.25, 0.3) is 0 Å². The molecule has 0 fully saturated rings. The zero-order valence-electron chi connectivity index (χ0n) is 10.6. The smallest absolute Gasteiger partial charge is 0.337 e. The molecular weight excluding hydrogens is 280 g/mol. The number of carbonyl (C=O) groups is 2. The van der Waals surface area contributed by atoms with Crippen LogP contribution in [0.1, 0.15) is 26.3 Å². The molecule has 0 bridgehead atoms. The maximum absolute atomic E-state index is 12.1. The Balaban J connectivity index is 2.26. The number of amides is 1. The molecule has 0 spiro atoms. The molecule has 0 radical (unpaired) electrons. The Bertz CT molecular complexity index is 686. The molecule has 20 heavy (non-hydrogen) atoms. The molecule has 0 atom stereocenters. The van der Waals surface area contributed by atoms with Crippen molar-refractivity contribution >= 4 is 29.2 Å². The van der Waals surface area contributed by atoms with Crippen molar-refractivity contribution in [2.45, 2.75) is 6.92 Å². The number of carbonyl (C=O) groups excluding carboxylic acids is 1. The van der Waals surface area contributed by atoms with E-state index in [1.54, 1.807) is 25.1 Å². The molecule has 2 rings (SSSR count). The molecule has 0 saturated heterocycles. The number of hydrogen-bond donors (Lipinski definition) is 2. The minimum absolute atomic E-state index is 0.00520. The lowest BCUT2D eigenvalue weighted by atomic mass is 10.1. The van der Waals surface area contributed by atoms with Gasteiger partial charge in [-0.2, -0.15) is 0 Å². The van der Waals surface area contributed by atoms with Gasteiger partial charge in [-0.15, -0.1) is 0 Å². The Morgan fingerprint density at radius 3 is 2.75 bits per heavy atom. The van der Waals surface area contributed by atoms with E-state index >= 15 is 0 Å². The average molecular weight is 291 g/mol. The molecular formula is C14H11ClN2O3. The number of carboxylic acids is 1. The summed E-state index contributed by atoms with van der Waals surface area (Å²) in [7, 11) is 0. The van der Waals surface area contributed by atoms with Crippen molar-refractivity contribution in [3.05, 3.63) is 58.4 Å². The van der Waals surface area contributed by atoms with Gasteiger partial charge in [0.25, 0.3) is 5.91 Å². The number of anilines is 1. The van der Waals surface area contributed by atoms with Crippen molar-refractivity contribution in [1.82, 2.24) is 4.98 Å². The fraction of sp³-hybridized carbons (Fsp3) is 0.0714. The number of benzene rings is 1. The van der Waals surface area contributed by atoms with Crippen LogP contribution in [-0.2, 0) is 0 Å². The Hall–Kier alpha value is -2.40. The number of hydrogen-bond acceptors (Lipinski definition) is 3. The van der Waals surface area contributed by atoms with Crippen molar-refractivity contribution in [3.63, 3.8) is 0 Å². The van der Waals surface area contributed by atoms with Crippen LogP contribution in [0, 0.1) is 6.92 Å². The van der Waals surface area contributed by atoms with E-state index in [1.807, 2.05) is 0 Å². The van der Waals surface area contributed by atoms with Crippen LogP contribution in [0.4, 0.5) is 5.69 Å². The summed E-state index contributed by atoms with van der Waals surface area (Å²) >= 11 is 5.96. The summed E-state index contributed by atoms with van der Waals surface area (Å²) in [4.78, 5) is 26.7. The zero-order chi connectivity index (χ0) is 14.7. The van der Waals surface area contributed by atoms with Crippen LogP contribution in [0.5, 0.6) is 0 Å². The highest BCUT2D eigenvalue weighted by Crippen LogP contribution is 2.20. The molecule has 1 aromatic carbocycles. The first-order chi connectivity index (χ1) is 9.49. The monoisotopic (exact) mass is 290 g/mol. The summed E-state index contributed by atoms with van der Waals surface area (Å²) in [6.45, 7) is 1.74. The molecule has 6 heteroatoms. The van der Waals surface area contributed by atoms with E-state index in [1.165, 1.54) is 18.5 Å². The normalized spacial score (nSPS) is 10.1. The Labute approximate surface area is 120 Å². The highest BCUT2D eigenvalue weighted by molar-refractivity contribution is 6.32. The minimum atomic E-state index is -1.10. The van der Waals surface area contributed by atoms with Gasteiger partial charge >= 0.3 is 5.97 Å². The molecule has 2 aromatic rings. The lowest BCUT2D eigenvalue weighted by molar-refractivity contribution is 0.0696. The third-order valence-electron chi connectivity index (χ3n) is 2.76. The molecule has 0 aliphatic heterocycles. The van der Waals surface area contributed by atoms with Gasteiger partial charge in [-0.25, -0.2) is 4.79 Å². The molecule has 0 saturated carbocycles. The van der Waals surface area contributed by atoms with E-state index in [9.17, 15) is 9.59 Å². The summed E-state index contributed by atoms with van der Waals surface area (Å²) < 4.78 is 0. The number of carboxylic acid groups (broad SMARTS) is 1. The summed E-state index contributed by atoms with van der Waals surface area (Å²) in [5, 5.41) is 12.0. The SMILES string of the molecule is Cc1c(Cl)cccc1C(=O)Nc1cncc(C(=O)O)c1. The summed E-state index contributed by atoms with van der Waals surface area (Å²) in [6.07, 6.45) is 2.59. The van der Waals surface area contributed by atoms with Gasteiger partial charge in [0, 0.05) is 16.8 Å². The summed E-state index contributed by atoms with van der Waals surface area (Å²) in [6, 6.07) is 6.36. The second-order valence-corrected chi connectivity index (χ2v) is 4.54. The third kappa shape index (κ3) is 2.95. The van der Waals surface area contributed by atoms with Gasteiger partial charge in [-0.1, -0.05) is 17.7 Å². The second-order valence-electron chi connectivity index (χ2n) is 4.13. The van der Waals surface area contributed by atoms with Gasteiger partial charge in [0.05, 0.1) is 17.4 Å². The first kappa shape index (κ1) is 14.0. The van der Waals surface area contributed by atoms with E-state index in [0.717, 1.165) is 0 Å². The predicted molar refractivity (Wildman–Crippen MR) is 75.3 cm³/mol. The quantitative estimate of drug-likeness (QED) is 0.911. The standard InChI is InChI=1S/C14H11ClN2O3/c1-8-11(3-2-4-12(8)15)13(18)17-10-5-9(14(19)20)6-16-7-10/h2-7H,1H3,(H,17,18)(H,19,20). The average Bonchev–Trinajstić information content (AvgIpc) is 2.42. The fourth-order valence-corrected chi connectivity index (χ4v) is 1.85. The van der Waals surface area contributed by atoms with E-state index in [-0.39, 0.29) is 11.5 Å². The number of nitrogens with one attached hydrogen (secondary N) is 1. The number of aromatic nitrogens is 1. The van der Waals surface area contributed by atoms with Crippen LogP contribution >= 0.6 is 11.6 Å². The van der Waals surface area contributed by atoms with Gasteiger partial charge in [0.15, 0.2) is 0 Å². The van der Waals surface area contributed by atoms with Gasteiger partial charge in [-0.3, -0.25) is 9.78 Å². The molecule has 1 aromatic heterocycles. The molecule has 2 N–H and O–H groups in total. The molecule has 102 valence electrons. The second kappa shape index (κ2) is 5.71. The van der Waals surface area contributed by atoms with E-state index in [4.69, 9.17) is 16.7 Å². The summed E-state index contributed by atoms with van der Waals surface area (Å²) in [5.74, 6) is -1.47. The number of rotatable bonds is 3. The maximum Gasteiger partial charge on any atom is 0.337 e. The van der Waals surface area contributed by atoms with Crippen molar-refractivity contribution in [3.8, 4) is 0 Å². The Morgan fingerprint density at radius 1 is 1.30 bits per heavy atom. The van der Waals surface area contributed by atoms with Crippen LogP contribution in [0.2, 0.25) is 5.02 Å². The van der Waals surface area contributed by atoms with Crippen molar-refractivity contribution < 1.29 is 14.7 Å². The fourth-order valence-electron chi connectivity index (χ4n) is 1.68. The highest BCUT2D eigenvalue weighted by atomic mass is 35.5. The van der Waals surface area contributed by atoms with Crippen LogP contribution in [-0.4, -0.2) is 22.0 Å². The number of nitrogens with zero attached hydrogens (tertiary/aromatic N) is 1. The number of pyridine rings is 1. The minimum Gasteiger partial charge on any atom is -0.478 e. The lowest BCUT2D eigenvalue weighted by Gasteiger charge is -2.08. The highest BCUT2D eigenvalue weighted by Gasteiger charge is 2.12. The lowest BCUT2D eigenvalue weighted by Crippen LogP contribution is -2.14. The topological polar surface area (TPSA) is 79.3 Å². The Morgan fingerprint density at radius 2 is 2.05 bits per heavy atom. The largest absolute Gasteiger partial charge is 0.478 e. The van der Waals surface area contributed by atoms with E-state index in [0.29, 0.717) is 21.8 Å². The maximum atomic E-state index is 12.1. The number of halogens is 1. The first-order valence-electron chi connectivity index (χ1n) is 5.74. The van der Waals surface area contributed by atoms with Crippen molar-refractivity contribution in [1.29, 1.82) is 0 Å². The van der Waals surface area contributed by atoms with Gasteiger partial charge in [-0.05, 0) is 30.7 Å².